The number of hydrogen-bond acceptors (Lipinski definition) is 10. The fraction of sp³-hybridized carbons (Fsp3) is 0.941. The van der Waals surface area contributed by atoms with Gasteiger partial charge in [-0.25, -0.2) is 0 Å². The highest BCUT2D eigenvalue weighted by Gasteiger charge is 2.52. The predicted molar refractivity (Wildman–Crippen MR) is 169 cm³/mol. The first kappa shape index (κ1) is 35.7. The van der Waals surface area contributed by atoms with Crippen LogP contribution in [0.1, 0.15) is 80.1 Å². The van der Waals surface area contributed by atoms with Gasteiger partial charge in [-0.05, 0) is 106 Å². The number of carbonyl (C=O) groups excluding carboxylic acids is 2. The maximum atomic E-state index is 14.2. The number of methoxy groups -OCH3 is 1. The molecule has 254 valence electrons. The van der Waals surface area contributed by atoms with Crippen LogP contribution >= 0.6 is 0 Å². The van der Waals surface area contributed by atoms with Gasteiger partial charge in [-0.1, -0.05) is 13.8 Å². The molecule has 11 atom stereocenters. The standard InChI is InChI=1S/C34H61N3O7/c1-20-17-34(6,41-11)30(44-31-28(38)26(35(7)8)14-21(2)43-31)22(3)29(39)33(4,5)32(40)42-19-27(36(9)18-20)23-15-24-12-13-25(16-23)37(24)10/h20-28,30-31,38H,12-19H2,1-11H3/t20-,21-,22+,23?,24?,25?,26+,27+,28-,30-,31+,34-/m1/s1. The molecule has 0 aromatic heterocycles. The molecular formula is C34H61N3O7. The Bertz CT molecular complexity index is 995. The van der Waals surface area contributed by atoms with E-state index in [1.165, 1.54) is 12.8 Å². The summed E-state index contributed by atoms with van der Waals surface area (Å²) < 4.78 is 25.1. The van der Waals surface area contributed by atoms with E-state index in [9.17, 15) is 14.7 Å². The number of aliphatic hydroxyl groups is 1. The lowest BCUT2D eigenvalue weighted by atomic mass is 9.74. The molecule has 0 radical (unpaired) electrons. The summed E-state index contributed by atoms with van der Waals surface area (Å²) in [5.74, 6) is -0.923. The average molecular weight is 624 g/mol. The van der Waals surface area contributed by atoms with Crippen molar-refractivity contribution >= 4 is 11.8 Å². The van der Waals surface area contributed by atoms with Gasteiger partial charge >= 0.3 is 5.97 Å². The van der Waals surface area contributed by atoms with Gasteiger partial charge in [0.05, 0.1) is 17.8 Å². The zero-order chi connectivity index (χ0) is 32.7. The minimum atomic E-state index is -1.39. The van der Waals surface area contributed by atoms with Gasteiger partial charge < -0.3 is 33.9 Å². The predicted octanol–water partition coefficient (Wildman–Crippen LogP) is 3.19. The van der Waals surface area contributed by atoms with Gasteiger partial charge in [0, 0.05) is 43.7 Å². The Hall–Kier alpha value is -1.14. The molecular weight excluding hydrogens is 562 g/mol. The number of piperidine rings is 1. The number of ketones is 1. The van der Waals surface area contributed by atoms with E-state index in [4.69, 9.17) is 18.9 Å². The molecule has 4 heterocycles. The van der Waals surface area contributed by atoms with E-state index in [2.05, 4.69) is 30.8 Å². The van der Waals surface area contributed by atoms with Crippen molar-refractivity contribution in [1.82, 2.24) is 14.7 Å². The van der Waals surface area contributed by atoms with Crippen molar-refractivity contribution in [2.75, 3.05) is 48.5 Å². The third-order valence-corrected chi connectivity index (χ3v) is 11.6. The number of Topliss-reactive ketones (excluding diaryl/α,β-unsaturated/α-hetero) is 1. The summed E-state index contributed by atoms with van der Waals surface area (Å²) in [7, 11) is 9.91. The second-order valence-corrected chi connectivity index (χ2v) is 15.6. The molecule has 2 bridgehead atoms. The third kappa shape index (κ3) is 7.21. The van der Waals surface area contributed by atoms with Crippen LogP contribution in [0.25, 0.3) is 0 Å². The van der Waals surface area contributed by atoms with Crippen LogP contribution in [0.4, 0.5) is 0 Å². The number of esters is 1. The Labute approximate surface area is 266 Å². The van der Waals surface area contributed by atoms with E-state index in [1.807, 2.05) is 32.8 Å². The van der Waals surface area contributed by atoms with E-state index in [1.54, 1.807) is 27.9 Å². The highest BCUT2D eigenvalue weighted by Crippen LogP contribution is 2.42. The normalized spacial score (nSPS) is 45.0. The highest BCUT2D eigenvalue weighted by molar-refractivity contribution is 6.04. The Balaban J connectivity index is 1.66. The molecule has 10 heteroatoms. The zero-order valence-corrected chi connectivity index (χ0v) is 29.2. The largest absolute Gasteiger partial charge is 0.463 e. The van der Waals surface area contributed by atoms with Crippen LogP contribution in [0.5, 0.6) is 0 Å². The van der Waals surface area contributed by atoms with Gasteiger partial charge in [0.1, 0.15) is 18.1 Å². The minimum Gasteiger partial charge on any atom is -0.463 e. The maximum absolute atomic E-state index is 14.2. The van der Waals surface area contributed by atoms with Crippen molar-refractivity contribution in [2.24, 2.45) is 23.2 Å². The Morgan fingerprint density at radius 1 is 1.00 bits per heavy atom. The van der Waals surface area contributed by atoms with E-state index in [-0.39, 0.29) is 36.5 Å². The van der Waals surface area contributed by atoms with Gasteiger partial charge in [0.15, 0.2) is 12.1 Å². The molecule has 4 fully saturated rings. The second-order valence-electron chi connectivity index (χ2n) is 15.6. The molecule has 10 nitrogen and oxygen atoms in total. The van der Waals surface area contributed by atoms with Crippen LogP contribution in [-0.2, 0) is 28.5 Å². The fourth-order valence-electron chi connectivity index (χ4n) is 8.83. The summed E-state index contributed by atoms with van der Waals surface area (Å²) in [6.07, 6.45) is 3.13. The van der Waals surface area contributed by atoms with Gasteiger partial charge in [0.2, 0.25) is 0 Å². The van der Waals surface area contributed by atoms with Crippen LogP contribution < -0.4 is 0 Å². The number of rotatable bonds is 5. The summed E-state index contributed by atoms with van der Waals surface area (Å²) >= 11 is 0. The molecule has 4 aliphatic heterocycles. The van der Waals surface area contributed by atoms with Crippen LogP contribution in [0.2, 0.25) is 0 Å². The third-order valence-electron chi connectivity index (χ3n) is 11.6. The van der Waals surface area contributed by atoms with Crippen molar-refractivity contribution in [2.45, 2.75) is 134 Å². The first-order valence-electron chi connectivity index (χ1n) is 16.8. The number of nitrogens with zero attached hydrogens (tertiary/aromatic N) is 3. The van der Waals surface area contributed by atoms with Crippen LogP contribution in [0.3, 0.4) is 0 Å². The number of fused-ring (bicyclic) bond motifs is 2. The minimum absolute atomic E-state index is 0.0679. The van der Waals surface area contributed by atoms with Crippen molar-refractivity contribution in [1.29, 1.82) is 0 Å². The van der Waals surface area contributed by atoms with Gasteiger partial charge in [0.25, 0.3) is 0 Å². The summed E-state index contributed by atoms with van der Waals surface area (Å²) in [5, 5.41) is 11.3. The molecule has 0 aromatic carbocycles. The SMILES string of the molecule is CO[C@]1(C)C[C@@H](C)CN(C)[C@H](C2CC3CCC(C2)N3C)COC(=O)C(C)(C)C(=O)[C@H](C)[C@H]1O[C@@H]1O[C@H](C)C[C@H](N(C)C)[C@H]1O. The topological polar surface area (TPSA) is 101 Å². The Morgan fingerprint density at radius 3 is 2.18 bits per heavy atom. The van der Waals surface area contributed by atoms with E-state index in [0.29, 0.717) is 30.8 Å². The second kappa shape index (κ2) is 13.9. The highest BCUT2D eigenvalue weighted by atomic mass is 16.7. The zero-order valence-electron chi connectivity index (χ0n) is 29.2. The quantitative estimate of drug-likeness (QED) is 0.363. The van der Waals surface area contributed by atoms with Crippen molar-refractivity contribution in [3.05, 3.63) is 0 Å². The molecule has 0 saturated carbocycles. The molecule has 0 amide bonds. The lowest BCUT2D eigenvalue weighted by molar-refractivity contribution is -0.295. The monoisotopic (exact) mass is 623 g/mol. The summed E-state index contributed by atoms with van der Waals surface area (Å²) in [4.78, 5) is 34.8. The first-order chi connectivity index (χ1) is 20.5. The first-order valence-corrected chi connectivity index (χ1v) is 16.8. The average Bonchev–Trinajstić information content (AvgIpc) is 3.14. The maximum Gasteiger partial charge on any atom is 0.319 e. The number of ether oxygens (including phenoxy) is 4. The molecule has 0 aliphatic carbocycles. The van der Waals surface area contributed by atoms with Crippen molar-refractivity contribution in [3.63, 3.8) is 0 Å². The van der Waals surface area contributed by atoms with E-state index >= 15 is 0 Å². The molecule has 44 heavy (non-hydrogen) atoms. The summed E-state index contributed by atoms with van der Waals surface area (Å²) in [6, 6.07) is 1.05. The number of hydrogen-bond donors (Lipinski definition) is 1. The van der Waals surface area contributed by atoms with Crippen LogP contribution in [-0.4, -0.2) is 134 Å². The summed E-state index contributed by atoms with van der Waals surface area (Å²) in [6.45, 7) is 12.3. The number of cyclic esters (lactones) is 1. The van der Waals surface area contributed by atoms with Gasteiger partial charge in [-0.15, -0.1) is 0 Å². The molecule has 4 saturated heterocycles. The number of carbonyl (C=O) groups is 2. The van der Waals surface area contributed by atoms with Crippen LogP contribution in [0, 0.1) is 23.2 Å². The number of likely N-dealkylation sites (N-methyl/N-ethyl adjacent to an activating group) is 2. The van der Waals surface area contributed by atoms with Crippen LogP contribution in [0.15, 0.2) is 0 Å². The molecule has 0 spiro atoms. The Morgan fingerprint density at radius 2 is 1.61 bits per heavy atom. The van der Waals surface area contributed by atoms with Crippen molar-refractivity contribution in [3.8, 4) is 0 Å². The van der Waals surface area contributed by atoms with Gasteiger partial charge in [-0.2, -0.15) is 0 Å². The lowest BCUT2D eigenvalue weighted by Gasteiger charge is -2.47. The summed E-state index contributed by atoms with van der Waals surface area (Å²) in [5.41, 5.74) is -2.29. The van der Waals surface area contributed by atoms with E-state index < -0.39 is 41.4 Å². The van der Waals surface area contributed by atoms with Gasteiger partial charge in [-0.3, -0.25) is 14.5 Å². The fourth-order valence-corrected chi connectivity index (χ4v) is 8.83. The van der Waals surface area contributed by atoms with E-state index in [0.717, 1.165) is 19.4 Å². The molecule has 0 aromatic rings. The molecule has 2 unspecified atom stereocenters. The Kier molecular flexibility index (Phi) is 11.3. The molecule has 4 aliphatic rings. The number of aliphatic hydroxyl groups excluding tert-OH is 1. The molecule has 1 N–H and O–H groups in total. The van der Waals surface area contributed by atoms with Crippen molar-refractivity contribution < 1.29 is 33.6 Å². The lowest BCUT2D eigenvalue weighted by Crippen LogP contribution is -2.59. The molecule has 4 rings (SSSR count). The smallest absolute Gasteiger partial charge is 0.319 e.